The molecule has 0 unspecified atom stereocenters. The minimum absolute atomic E-state index is 0.0497. The van der Waals surface area contributed by atoms with E-state index in [2.05, 4.69) is 5.32 Å². The number of anilines is 1. The SMILES string of the molecule is COCOc1ccc(F)cc1N1CCNC1=O. The Morgan fingerprint density at radius 2 is 2.35 bits per heavy atom. The molecule has 0 aromatic heterocycles. The largest absolute Gasteiger partial charge is 0.465 e. The lowest BCUT2D eigenvalue weighted by atomic mass is 10.2. The Morgan fingerprint density at radius 1 is 1.53 bits per heavy atom. The predicted molar refractivity (Wildman–Crippen MR) is 59.6 cm³/mol. The fourth-order valence-corrected chi connectivity index (χ4v) is 1.65. The van der Waals surface area contributed by atoms with Crippen LogP contribution in [-0.4, -0.2) is 33.0 Å². The summed E-state index contributed by atoms with van der Waals surface area (Å²) in [6.45, 7) is 1.08. The molecular weight excluding hydrogens is 227 g/mol. The summed E-state index contributed by atoms with van der Waals surface area (Å²) in [5.74, 6) is 0.00904. The Hall–Kier alpha value is -1.82. The summed E-state index contributed by atoms with van der Waals surface area (Å²) in [6, 6.07) is 3.78. The smallest absolute Gasteiger partial charge is 0.322 e. The summed E-state index contributed by atoms with van der Waals surface area (Å²) in [4.78, 5) is 13.0. The molecule has 1 aromatic rings. The number of carbonyl (C=O) groups excluding carboxylic acids is 1. The first-order chi connectivity index (χ1) is 8.22. The molecule has 1 fully saturated rings. The quantitative estimate of drug-likeness (QED) is 0.808. The van der Waals surface area contributed by atoms with Gasteiger partial charge in [0, 0.05) is 26.3 Å². The van der Waals surface area contributed by atoms with Gasteiger partial charge in [0.2, 0.25) is 0 Å². The molecule has 0 aliphatic carbocycles. The molecule has 0 radical (unpaired) electrons. The molecule has 1 aliphatic heterocycles. The van der Waals surface area contributed by atoms with Crippen molar-refractivity contribution in [2.24, 2.45) is 0 Å². The molecule has 1 N–H and O–H groups in total. The number of benzene rings is 1. The van der Waals surface area contributed by atoms with Crippen LogP contribution in [0.15, 0.2) is 18.2 Å². The van der Waals surface area contributed by atoms with Crippen molar-refractivity contribution in [3.63, 3.8) is 0 Å². The lowest BCUT2D eigenvalue weighted by molar-refractivity contribution is 0.0514. The van der Waals surface area contributed by atoms with Gasteiger partial charge in [-0.05, 0) is 12.1 Å². The number of hydrogen-bond donors (Lipinski definition) is 1. The Labute approximate surface area is 98.1 Å². The number of carbonyl (C=O) groups is 1. The molecule has 6 heteroatoms. The van der Waals surface area contributed by atoms with Gasteiger partial charge in [0.05, 0.1) is 5.69 Å². The van der Waals surface area contributed by atoms with E-state index in [1.54, 1.807) is 0 Å². The number of hydrogen-bond acceptors (Lipinski definition) is 3. The van der Waals surface area contributed by atoms with Crippen LogP contribution in [0.4, 0.5) is 14.9 Å². The summed E-state index contributed by atoms with van der Waals surface area (Å²) in [5, 5.41) is 2.65. The van der Waals surface area contributed by atoms with E-state index in [0.29, 0.717) is 24.5 Å². The summed E-state index contributed by atoms with van der Waals surface area (Å²) in [5.41, 5.74) is 0.414. The molecule has 1 aliphatic rings. The van der Waals surface area contributed by atoms with Crippen molar-refractivity contribution in [2.45, 2.75) is 0 Å². The number of nitrogens with zero attached hydrogens (tertiary/aromatic N) is 1. The van der Waals surface area contributed by atoms with Gasteiger partial charge in [0.1, 0.15) is 11.6 Å². The first-order valence-corrected chi connectivity index (χ1v) is 5.19. The zero-order valence-electron chi connectivity index (χ0n) is 9.40. The maximum atomic E-state index is 13.2. The Morgan fingerprint density at radius 3 is 3.00 bits per heavy atom. The fourth-order valence-electron chi connectivity index (χ4n) is 1.65. The number of amides is 2. The Kier molecular flexibility index (Phi) is 3.43. The van der Waals surface area contributed by atoms with Gasteiger partial charge >= 0.3 is 6.03 Å². The minimum atomic E-state index is -0.413. The van der Waals surface area contributed by atoms with E-state index in [1.165, 1.54) is 30.2 Å². The third-order valence-corrected chi connectivity index (χ3v) is 2.40. The van der Waals surface area contributed by atoms with Crippen molar-refractivity contribution in [1.82, 2.24) is 5.32 Å². The minimum Gasteiger partial charge on any atom is -0.465 e. The number of urea groups is 1. The number of halogens is 1. The molecule has 0 bridgehead atoms. The van der Waals surface area contributed by atoms with Crippen molar-refractivity contribution in [3.05, 3.63) is 24.0 Å². The molecule has 2 rings (SSSR count). The van der Waals surface area contributed by atoms with E-state index in [1.807, 2.05) is 0 Å². The average Bonchev–Trinajstić information content (AvgIpc) is 2.74. The van der Waals surface area contributed by atoms with Crippen molar-refractivity contribution < 1.29 is 18.7 Å². The van der Waals surface area contributed by atoms with Crippen LogP contribution in [-0.2, 0) is 4.74 Å². The molecule has 1 aromatic carbocycles. The highest BCUT2D eigenvalue weighted by molar-refractivity contribution is 5.95. The summed E-state index contributed by atoms with van der Waals surface area (Å²) >= 11 is 0. The molecule has 2 amide bonds. The molecule has 92 valence electrons. The zero-order valence-corrected chi connectivity index (χ0v) is 9.40. The second-order valence-electron chi connectivity index (χ2n) is 3.55. The number of methoxy groups -OCH3 is 1. The van der Waals surface area contributed by atoms with Crippen LogP contribution in [0.5, 0.6) is 5.75 Å². The van der Waals surface area contributed by atoms with Crippen LogP contribution >= 0.6 is 0 Å². The van der Waals surface area contributed by atoms with E-state index in [0.717, 1.165) is 0 Å². The monoisotopic (exact) mass is 240 g/mol. The van der Waals surface area contributed by atoms with E-state index < -0.39 is 5.82 Å². The molecule has 0 saturated carbocycles. The third-order valence-electron chi connectivity index (χ3n) is 2.40. The summed E-state index contributed by atoms with van der Waals surface area (Å²) < 4.78 is 23.3. The standard InChI is InChI=1S/C11H13FN2O3/c1-16-7-17-10-3-2-8(12)6-9(10)14-5-4-13-11(14)15/h2-3,6H,4-5,7H2,1H3,(H,13,15). The number of ether oxygens (including phenoxy) is 2. The van der Waals surface area contributed by atoms with Crippen molar-refractivity contribution in [3.8, 4) is 5.75 Å². The first kappa shape index (κ1) is 11.7. The highest BCUT2D eigenvalue weighted by Gasteiger charge is 2.24. The lowest BCUT2D eigenvalue weighted by Gasteiger charge is -2.18. The highest BCUT2D eigenvalue weighted by atomic mass is 19.1. The van der Waals surface area contributed by atoms with Gasteiger partial charge in [0.25, 0.3) is 0 Å². The first-order valence-electron chi connectivity index (χ1n) is 5.19. The maximum absolute atomic E-state index is 13.2. The van der Waals surface area contributed by atoms with Crippen LogP contribution < -0.4 is 15.0 Å². The van der Waals surface area contributed by atoms with Gasteiger partial charge in [-0.3, -0.25) is 4.90 Å². The average molecular weight is 240 g/mol. The maximum Gasteiger partial charge on any atom is 0.322 e. The van der Waals surface area contributed by atoms with Crippen LogP contribution in [0.25, 0.3) is 0 Å². The molecule has 0 atom stereocenters. The Balaban J connectivity index is 2.29. The summed E-state index contributed by atoms with van der Waals surface area (Å²) in [6.07, 6.45) is 0. The van der Waals surface area contributed by atoms with Gasteiger partial charge in [-0.25, -0.2) is 9.18 Å². The van der Waals surface area contributed by atoms with Crippen LogP contribution in [0.3, 0.4) is 0 Å². The zero-order chi connectivity index (χ0) is 12.3. The van der Waals surface area contributed by atoms with Gasteiger partial charge in [-0.15, -0.1) is 0 Å². The molecule has 1 heterocycles. The van der Waals surface area contributed by atoms with E-state index in [9.17, 15) is 9.18 Å². The van der Waals surface area contributed by atoms with E-state index in [-0.39, 0.29) is 12.8 Å². The molecular formula is C11H13FN2O3. The number of rotatable bonds is 4. The van der Waals surface area contributed by atoms with Crippen LogP contribution in [0, 0.1) is 5.82 Å². The third kappa shape index (κ3) is 2.47. The van der Waals surface area contributed by atoms with Crippen molar-refractivity contribution in [2.75, 3.05) is 31.9 Å². The normalized spacial score (nSPS) is 14.9. The Bertz CT molecular complexity index is 425. The van der Waals surface area contributed by atoms with E-state index in [4.69, 9.17) is 9.47 Å². The van der Waals surface area contributed by atoms with Gasteiger partial charge < -0.3 is 14.8 Å². The highest BCUT2D eigenvalue weighted by Crippen LogP contribution is 2.30. The fraction of sp³-hybridized carbons (Fsp3) is 0.364. The second-order valence-corrected chi connectivity index (χ2v) is 3.55. The molecule has 0 spiro atoms. The van der Waals surface area contributed by atoms with E-state index >= 15 is 0 Å². The molecule has 17 heavy (non-hydrogen) atoms. The second kappa shape index (κ2) is 5.01. The van der Waals surface area contributed by atoms with Crippen molar-refractivity contribution >= 4 is 11.7 Å². The topological polar surface area (TPSA) is 50.8 Å². The summed E-state index contributed by atoms with van der Waals surface area (Å²) in [7, 11) is 1.49. The predicted octanol–water partition coefficient (Wildman–Crippen LogP) is 1.34. The lowest BCUT2D eigenvalue weighted by Crippen LogP contribution is -2.28. The van der Waals surface area contributed by atoms with Gasteiger partial charge in [0.15, 0.2) is 6.79 Å². The molecule has 1 saturated heterocycles. The molecule has 5 nitrogen and oxygen atoms in total. The van der Waals surface area contributed by atoms with Crippen LogP contribution in [0.1, 0.15) is 0 Å². The van der Waals surface area contributed by atoms with Crippen LogP contribution in [0.2, 0.25) is 0 Å². The van der Waals surface area contributed by atoms with Gasteiger partial charge in [-0.1, -0.05) is 0 Å². The van der Waals surface area contributed by atoms with Gasteiger partial charge in [-0.2, -0.15) is 0 Å². The van der Waals surface area contributed by atoms with Crippen molar-refractivity contribution in [1.29, 1.82) is 0 Å². The number of nitrogens with one attached hydrogen (secondary N) is 1.